The Hall–Kier alpha value is -0.960. The highest BCUT2D eigenvalue weighted by molar-refractivity contribution is 5.26. The van der Waals surface area contributed by atoms with Crippen molar-refractivity contribution >= 4 is 0 Å². The summed E-state index contributed by atoms with van der Waals surface area (Å²) < 4.78 is 5.45. The first-order valence-corrected chi connectivity index (χ1v) is 3.87. The monoisotopic (exact) mass is 152 g/mol. The Kier molecular flexibility index (Phi) is 1.58. The van der Waals surface area contributed by atoms with E-state index in [1.54, 1.807) is 0 Å². The predicted molar refractivity (Wildman–Crippen MR) is 42.7 cm³/mol. The van der Waals surface area contributed by atoms with Crippen molar-refractivity contribution in [3.8, 4) is 0 Å². The van der Waals surface area contributed by atoms with Crippen molar-refractivity contribution < 1.29 is 4.74 Å². The van der Waals surface area contributed by atoms with Crippen LogP contribution in [-0.2, 0) is 4.74 Å². The third-order valence-corrected chi connectivity index (χ3v) is 1.85. The van der Waals surface area contributed by atoms with Crippen molar-refractivity contribution in [1.82, 2.24) is 10.6 Å². The van der Waals surface area contributed by atoms with Gasteiger partial charge in [-0.15, -0.1) is 0 Å². The number of rotatable bonds is 0. The van der Waals surface area contributed by atoms with Crippen LogP contribution in [0.5, 0.6) is 0 Å². The van der Waals surface area contributed by atoms with Gasteiger partial charge in [0, 0.05) is 12.7 Å². The van der Waals surface area contributed by atoms with Crippen LogP contribution in [0.3, 0.4) is 0 Å². The fraction of sp³-hybridized carbons (Fsp3) is 0.500. The topological polar surface area (TPSA) is 33.3 Å². The molecule has 2 rings (SSSR count). The molecule has 1 unspecified atom stereocenters. The first kappa shape index (κ1) is 6.73. The zero-order valence-corrected chi connectivity index (χ0v) is 6.55. The number of ether oxygens (including phenoxy) is 1. The maximum absolute atomic E-state index is 5.45. The molecule has 2 aliphatic rings. The van der Waals surface area contributed by atoms with Crippen LogP contribution in [0.1, 0.15) is 6.92 Å². The molecule has 0 aliphatic carbocycles. The fourth-order valence-corrected chi connectivity index (χ4v) is 1.30. The number of hydrogen-bond acceptors (Lipinski definition) is 3. The lowest BCUT2D eigenvalue weighted by atomic mass is 10.2. The van der Waals surface area contributed by atoms with Crippen LogP contribution in [0.2, 0.25) is 0 Å². The highest BCUT2D eigenvalue weighted by Crippen LogP contribution is 2.13. The molecular weight excluding hydrogens is 140 g/mol. The molecular formula is C8H12N2O. The van der Waals surface area contributed by atoms with Gasteiger partial charge >= 0.3 is 0 Å². The molecule has 0 amide bonds. The first-order chi connectivity index (χ1) is 5.36. The lowest BCUT2D eigenvalue weighted by molar-refractivity contribution is 0.139. The van der Waals surface area contributed by atoms with E-state index in [4.69, 9.17) is 4.74 Å². The Labute approximate surface area is 66.1 Å². The second-order valence-electron chi connectivity index (χ2n) is 2.84. The van der Waals surface area contributed by atoms with Gasteiger partial charge in [-0.2, -0.15) is 0 Å². The standard InChI is InChI=1S/C8H12N2O/c1-6-4-7-8(10-5-6)9-2-3-11-7/h4-5,8-10H,2-3H2,1H3. The van der Waals surface area contributed by atoms with Gasteiger partial charge in [-0.1, -0.05) is 0 Å². The van der Waals surface area contributed by atoms with Gasteiger partial charge in [-0.05, 0) is 18.6 Å². The van der Waals surface area contributed by atoms with E-state index in [9.17, 15) is 0 Å². The molecule has 1 saturated heterocycles. The average molecular weight is 152 g/mol. The van der Waals surface area contributed by atoms with Crippen LogP contribution < -0.4 is 10.6 Å². The van der Waals surface area contributed by atoms with Gasteiger partial charge in [0.15, 0.2) is 0 Å². The smallest absolute Gasteiger partial charge is 0.136 e. The van der Waals surface area contributed by atoms with Crippen LogP contribution in [0.15, 0.2) is 23.6 Å². The van der Waals surface area contributed by atoms with Gasteiger partial charge in [0.2, 0.25) is 0 Å². The molecule has 0 bridgehead atoms. The van der Waals surface area contributed by atoms with Crippen molar-refractivity contribution in [2.45, 2.75) is 13.1 Å². The van der Waals surface area contributed by atoms with E-state index in [1.807, 2.05) is 13.1 Å². The molecule has 0 aromatic carbocycles. The summed E-state index contributed by atoms with van der Waals surface area (Å²) in [5, 5.41) is 6.50. The van der Waals surface area contributed by atoms with Gasteiger partial charge in [-0.25, -0.2) is 0 Å². The molecule has 0 spiro atoms. The number of hydrogen-bond donors (Lipinski definition) is 2. The minimum absolute atomic E-state index is 0.201. The molecule has 0 aromatic rings. The largest absolute Gasteiger partial charge is 0.493 e. The van der Waals surface area contributed by atoms with Crippen LogP contribution in [-0.4, -0.2) is 19.3 Å². The molecule has 60 valence electrons. The lowest BCUT2D eigenvalue weighted by Gasteiger charge is -2.30. The van der Waals surface area contributed by atoms with Gasteiger partial charge in [0.25, 0.3) is 0 Å². The van der Waals surface area contributed by atoms with Gasteiger partial charge in [0.1, 0.15) is 18.5 Å². The second kappa shape index (κ2) is 2.58. The molecule has 3 nitrogen and oxygen atoms in total. The average Bonchev–Trinajstić information content (AvgIpc) is 2.04. The SMILES string of the molecule is CC1=CNC2NCCOC2=C1. The normalized spacial score (nSPS) is 29.0. The Balaban J connectivity index is 2.17. The third kappa shape index (κ3) is 1.24. The minimum atomic E-state index is 0.201. The zero-order chi connectivity index (χ0) is 7.68. The molecule has 1 atom stereocenters. The van der Waals surface area contributed by atoms with Gasteiger partial charge in [0.05, 0.1) is 0 Å². The maximum Gasteiger partial charge on any atom is 0.136 e. The number of nitrogens with one attached hydrogen (secondary N) is 2. The van der Waals surface area contributed by atoms with Crippen molar-refractivity contribution in [2.24, 2.45) is 0 Å². The molecule has 2 heterocycles. The van der Waals surface area contributed by atoms with E-state index in [0.29, 0.717) is 0 Å². The number of allylic oxidation sites excluding steroid dienone is 2. The second-order valence-corrected chi connectivity index (χ2v) is 2.84. The van der Waals surface area contributed by atoms with E-state index in [0.717, 1.165) is 18.9 Å². The summed E-state index contributed by atoms with van der Waals surface area (Å²) in [6, 6.07) is 0. The molecule has 0 radical (unpaired) electrons. The van der Waals surface area contributed by atoms with Crippen molar-refractivity contribution in [3.05, 3.63) is 23.6 Å². The third-order valence-electron chi connectivity index (χ3n) is 1.85. The van der Waals surface area contributed by atoms with E-state index < -0.39 is 0 Å². The van der Waals surface area contributed by atoms with Crippen molar-refractivity contribution in [2.75, 3.05) is 13.2 Å². The Bertz CT molecular complexity index is 220. The Morgan fingerprint density at radius 1 is 1.64 bits per heavy atom. The van der Waals surface area contributed by atoms with Crippen molar-refractivity contribution in [1.29, 1.82) is 0 Å². The molecule has 2 N–H and O–H groups in total. The molecule has 1 fully saturated rings. The number of morpholine rings is 1. The molecule has 0 saturated carbocycles. The Morgan fingerprint density at radius 3 is 3.45 bits per heavy atom. The van der Waals surface area contributed by atoms with Crippen LogP contribution >= 0.6 is 0 Å². The van der Waals surface area contributed by atoms with E-state index >= 15 is 0 Å². The predicted octanol–water partition coefficient (Wildman–Crippen LogP) is 0.323. The Morgan fingerprint density at radius 2 is 2.55 bits per heavy atom. The number of dihydropyridines is 1. The minimum Gasteiger partial charge on any atom is -0.493 e. The fourth-order valence-electron chi connectivity index (χ4n) is 1.30. The van der Waals surface area contributed by atoms with E-state index in [1.165, 1.54) is 5.57 Å². The summed E-state index contributed by atoms with van der Waals surface area (Å²) in [5.41, 5.74) is 1.21. The lowest BCUT2D eigenvalue weighted by Crippen LogP contribution is -2.48. The zero-order valence-electron chi connectivity index (χ0n) is 6.55. The van der Waals surface area contributed by atoms with Crippen LogP contribution in [0.4, 0.5) is 0 Å². The molecule has 3 heteroatoms. The quantitative estimate of drug-likeness (QED) is 0.524. The van der Waals surface area contributed by atoms with Crippen LogP contribution in [0, 0.1) is 0 Å². The summed E-state index contributed by atoms with van der Waals surface area (Å²) in [6.45, 7) is 3.74. The number of fused-ring (bicyclic) bond motifs is 1. The molecule has 11 heavy (non-hydrogen) atoms. The summed E-state index contributed by atoms with van der Waals surface area (Å²) in [4.78, 5) is 0. The summed E-state index contributed by atoms with van der Waals surface area (Å²) in [5.74, 6) is 1.01. The van der Waals surface area contributed by atoms with E-state index in [-0.39, 0.29) is 6.17 Å². The maximum atomic E-state index is 5.45. The van der Waals surface area contributed by atoms with Gasteiger partial charge < -0.3 is 10.1 Å². The van der Waals surface area contributed by atoms with Crippen molar-refractivity contribution in [3.63, 3.8) is 0 Å². The highest BCUT2D eigenvalue weighted by atomic mass is 16.5. The summed E-state index contributed by atoms with van der Waals surface area (Å²) in [7, 11) is 0. The summed E-state index contributed by atoms with van der Waals surface area (Å²) >= 11 is 0. The molecule has 0 aromatic heterocycles. The first-order valence-electron chi connectivity index (χ1n) is 3.87. The summed E-state index contributed by atoms with van der Waals surface area (Å²) in [6.07, 6.45) is 4.26. The van der Waals surface area contributed by atoms with Gasteiger partial charge in [-0.3, -0.25) is 5.32 Å². The highest BCUT2D eigenvalue weighted by Gasteiger charge is 2.20. The van der Waals surface area contributed by atoms with E-state index in [2.05, 4.69) is 16.7 Å². The van der Waals surface area contributed by atoms with Crippen LogP contribution in [0.25, 0.3) is 0 Å². The molecule has 2 aliphatic heterocycles.